The van der Waals surface area contributed by atoms with Crippen molar-refractivity contribution >= 4 is 11.6 Å². The summed E-state index contributed by atoms with van der Waals surface area (Å²) >= 11 is 6.58. The van der Waals surface area contributed by atoms with Crippen LogP contribution in [0.15, 0.2) is 48.5 Å². The summed E-state index contributed by atoms with van der Waals surface area (Å²) in [4.78, 5) is 0. The largest absolute Gasteiger partial charge is 0.493 e. The van der Waals surface area contributed by atoms with Crippen molar-refractivity contribution in [3.8, 4) is 17.2 Å². The van der Waals surface area contributed by atoms with Gasteiger partial charge in [0, 0.05) is 12.1 Å². The van der Waals surface area contributed by atoms with Crippen molar-refractivity contribution < 1.29 is 19.7 Å². The van der Waals surface area contributed by atoms with E-state index in [1.54, 1.807) is 18.7 Å². The topological polar surface area (TPSA) is 88.8 Å². The molecule has 1 heterocycles. The summed E-state index contributed by atoms with van der Waals surface area (Å²) in [5.74, 6) is 1.17. The number of hydrogen-bond acceptors (Lipinski definition) is 6. The maximum absolute atomic E-state index is 9.42. The Morgan fingerprint density at radius 3 is 2.45 bits per heavy atom. The Morgan fingerprint density at radius 1 is 1.10 bits per heavy atom. The lowest BCUT2D eigenvalue weighted by Crippen LogP contribution is -2.48. The number of benzene rings is 2. The molecule has 0 radical (unpaired) electrons. The smallest absolute Gasteiger partial charge is 0.161 e. The molecule has 2 aromatic carbocycles. The van der Waals surface area contributed by atoms with E-state index in [9.17, 15) is 10.2 Å². The fourth-order valence-electron chi connectivity index (χ4n) is 3.00. The molecule has 0 saturated carbocycles. The highest BCUT2D eigenvalue weighted by molar-refractivity contribution is 6.30. The van der Waals surface area contributed by atoms with Gasteiger partial charge in [0.25, 0.3) is 0 Å². The van der Waals surface area contributed by atoms with Crippen molar-refractivity contribution in [1.29, 1.82) is 0 Å². The fourth-order valence-corrected chi connectivity index (χ4v) is 3.33. The maximum Gasteiger partial charge on any atom is 0.161 e. The average molecular weight is 446 g/mol. The number of para-hydroxylation sites is 1. The van der Waals surface area contributed by atoms with Crippen LogP contribution in [-0.4, -0.2) is 45.9 Å². The third-order valence-corrected chi connectivity index (χ3v) is 5.53. The monoisotopic (exact) mass is 445 g/mol. The van der Waals surface area contributed by atoms with Crippen LogP contribution in [0.3, 0.4) is 0 Å². The van der Waals surface area contributed by atoms with Gasteiger partial charge in [-0.15, -0.1) is 0 Å². The fraction of sp³-hybridized carbons (Fsp3) is 0.348. The molecule has 0 amide bonds. The standard InChI is InChI=1S/C23H28ClN3O4/c1-16-19(22(24)27(26-16)18-7-5-4-6-8-18)13-31-20-10-9-17(11-21(20)30-3)12-25-23(2,14-28)15-29/h4-11,25,28-29H,12-15H2,1-3H3. The van der Waals surface area contributed by atoms with Gasteiger partial charge in [0.15, 0.2) is 11.5 Å². The third kappa shape index (κ3) is 5.37. The number of aliphatic hydroxyl groups is 2. The van der Waals surface area contributed by atoms with Crippen LogP contribution in [0.5, 0.6) is 11.5 Å². The highest BCUT2D eigenvalue weighted by Gasteiger charge is 2.21. The zero-order chi connectivity index (χ0) is 22.4. The summed E-state index contributed by atoms with van der Waals surface area (Å²) in [5, 5.41) is 27.0. The van der Waals surface area contributed by atoms with Crippen molar-refractivity contribution in [3.05, 3.63) is 70.5 Å². The van der Waals surface area contributed by atoms with E-state index >= 15 is 0 Å². The van der Waals surface area contributed by atoms with Crippen LogP contribution in [0, 0.1) is 6.92 Å². The van der Waals surface area contributed by atoms with Crippen LogP contribution >= 0.6 is 11.6 Å². The molecular formula is C23H28ClN3O4. The van der Waals surface area contributed by atoms with Gasteiger partial charge in [0.2, 0.25) is 0 Å². The van der Waals surface area contributed by atoms with Gasteiger partial charge in [0.1, 0.15) is 11.8 Å². The van der Waals surface area contributed by atoms with Gasteiger partial charge in [-0.1, -0.05) is 35.9 Å². The quantitative estimate of drug-likeness (QED) is 0.444. The Bertz CT molecular complexity index is 1000. The average Bonchev–Trinajstić information content (AvgIpc) is 3.10. The second-order valence-electron chi connectivity index (χ2n) is 7.61. The molecular weight excluding hydrogens is 418 g/mol. The number of ether oxygens (including phenoxy) is 2. The predicted octanol–water partition coefficient (Wildman–Crippen LogP) is 3.25. The van der Waals surface area contributed by atoms with Crippen LogP contribution in [0.4, 0.5) is 0 Å². The number of nitrogens with one attached hydrogen (secondary N) is 1. The number of aliphatic hydroxyl groups excluding tert-OH is 2. The minimum atomic E-state index is -0.754. The molecule has 0 fully saturated rings. The molecule has 0 atom stereocenters. The summed E-state index contributed by atoms with van der Waals surface area (Å²) in [6.45, 7) is 4.03. The molecule has 8 heteroatoms. The van der Waals surface area contributed by atoms with Crippen LogP contribution in [0.1, 0.15) is 23.7 Å². The summed E-state index contributed by atoms with van der Waals surface area (Å²) < 4.78 is 13.2. The molecule has 3 rings (SSSR count). The molecule has 0 aliphatic rings. The Hall–Kier alpha value is -2.58. The van der Waals surface area contributed by atoms with Gasteiger partial charge in [-0.2, -0.15) is 5.10 Å². The number of nitrogens with zero attached hydrogens (tertiary/aromatic N) is 2. The normalized spacial score (nSPS) is 11.5. The summed E-state index contributed by atoms with van der Waals surface area (Å²) in [5.41, 5.74) is 2.66. The van der Waals surface area contributed by atoms with Crippen molar-refractivity contribution in [2.45, 2.75) is 32.5 Å². The van der Waals surface area contributed by atoms with Gasteiger partial charge < -0.3 is 25.0 Å². The Balaban J connectivity index is 1.73. The van der Waals surface area contributed by atoms with Gasteiger partial charge in [0.05, 0.1) is 37.2 Å². The van der Waals surface area contributed by atoms with Gasteiger partial charge in [-0.05, 0) is 43.7 Å². The molecule has 1 aromatic heterocycles. The lowest BCUT2D eigenvalue weighted by atomic mass is 10.0. The predicted molar refractivity (Wildman–Crippen MR) is 120 cm³/mol. The van der Waals surface area contributed by atoms with Crippen LogP contribution in [0.2, 0.25) is 5.15 Å². The number of hydrogen-bond donors (Lipinski definition) is 3. The molecule has 166 valence electrons. The van der Waals surface area contributed by atoms with E-state index in [1.807, 2.05) is 55.5 Å². The van der Waals surface area contributed by atoms with Crippen molar-refractivity contribution in [2.24, 2.45) is 0 Å². The third-order valence-electron chi connectivity index (χ3n) is 5.14. The molecule has 0 unspecified atom stereocenters. The number of aryl methyl sites for hydroxylation is 1. The van der Waals surface area contributed by atoms with Crippen LogP contribution in [0.25, 0.3) is 5.69 Å². The summed E-state index contributed by atoms with van der Waals surface area (Å²) in [6.07, 6.45) is 0. The lowest BCUT2D eigenvalue weighted by molar-refractivity contribution is 0.103. The minimum Gasteiger partial charge on any atom is -0.493 e. The van der Waals surface area contributed by atoms with Gasteiger partial charge in [-0.25, -0.2) is 4.68 Å². The molecule has 0 aliphatic carbocycles. The first kappa shape index (κ1) is 23.1. The summed E-state index contributed by atoms with van der Waals surface area (Å²) in [6, 6.07) is 15.3. The van der Waals surface area contributed by atoms with Gasteiger partial charge >= 0.3 is 0 Å². The van der Waals surface area contributed by atoms with E-state index in [-0.39, 0.29) is 19.8 Å². The zero-order valence-corrected chi connectivity index (χ0v) is 18.7. The number of halogens is 1. The molecule has 31 heavy (non-hydrogen) atoms. The highest BCUT2D eigenvalue weighted by Crippen LogP contribution is 2.31. The van der Waals surface area contributed by atoms with E-state index in [4.69, 9.17) is 21.1 Å². The summed E-state index contributed by atoms with van der Waals surface area (Å²) in [7, 11) is 1.58. The Morgan fingerprint density at radius 2 is 1.81 bits per heavy atom. The van der Waals surface area contributed by atoms with Crippen LogP contribution in [-0.2, 0) is 13.2 Å². The Labute approximate surface area is 187 Å². The first-order valence-electron chi connectivity index (χ1n) is 9.96. The molecule has 0 bridgehead atoms. The van der Waals surface area contributed by atoms with Crippen LogP contribution < -0.4 is 14.8 Å². The van der Waals surface area contributed by atoms with Crippen molar-refractivity contribution in [2.75, 3.05) is 20.3 Å². The minimum absolute atomic E-state index is 0.168. The highest BCUT2D eigenvalue weighted by atomic mass is 35.5. The number of aromatic nitrogens is 2. The Kier molecular flexibility index (Phi) is 7.56. The van der Waals surface area contributed by atoms with Crippen molar-refractivity contribution in [1.82, 2.24) is 15.1 Å². The second kappa shape index (κ2) is 10.2. The zero-order valence-electron chi connectivity index (χ0n) is 17.9. The number of rotatable bonds is 10. The van der Waals surface area contributed by atoms with E-state index in [2.05, 4.69) is 10.4 Å². The molecule has 7 nitrogen and oxygen atoms in total. The maximum atomic E-state index is 9.42. The van der Waals surface area contributed by atoms with E-state index in [0.717, 1.165) is 22.5 Å². The molecule has 0 aliphatic heterocycles. The SMILES string of the molecule is COc1cc(CNC(C)(CO)CO)ccc1OCc1c(C)nn(-c2ccccc2)c1Cl. The van der Waals surface area contributed by atoms with E-state index < -0.39 is 5.54 Å². The first-order valence-corrected chi connectivity index (χ1v) is 10.3. The van der Waals surface area contributed by atoms with Crippen molar-refractivity contribution in [3.63, 3.8) is 0 Å². The van der Waals surface area contributed by atoms with Gasteiger partial charge in [-0.3, -0.25) is 0 Å². The molecule has 0 saturated heterocycles. The van der Waals surface area contributed by atoms with E-state index in [1.165, 1.54) is 0 Å². The molecule has 3 aromatic rings. The van der Waals surface area contributed by atoms with E-state index in [0.29, 0.717) is 23.2 Å². The first-order chi connectivity index (χ1) is 14.9. The molecule has 3 N–H and O–H groups in total. The molecule has 0 spiro atoms. The number of methoxy groups -OCH3 is 1. The second-order valence-corrected chi connectivity index (χ2v) is 7.96. The lowest BCUT2D eigenvalue weighted by Gasteiger charge is -2.26.